The second-order valence-corrected chi connectivity index (χ2v) is 14.3. The molecule has 16 heteroatoms. The molecule has 2 unspecified atom stereocenters. The van der Waals surface area contributed by atoms with Gasteiger partial charge >= 0.3 is 23.9 Å². The third-order valence-corrected chi connectivity index (χ3v) is 8.90. The van der Waals surface area contributed by atoms with Gasteiger partial charge in [0.25, 0.3) is 0 Å². The molecule has 60 heavy (non-hydrogen) atoms. The number of carbonyl (C=O) groups is 5. The SMILES string of the molecule is CC.CCC(=O)O.CCC(=O)O.CCCCCCC(C)CC.CCCN(CCN(CCC)C(CCC(=O)NCc1cc(C)cc(C2=NNC(C)=NN2)c1)C(=O)O)CC(=O)O. The lowest BCUT2D eigenvalue weighted by atomic mass is 10.0. The average molecular weight is 852 g/mol. The number of hydrogen-bond acceptors (Lipinski definition) is 11. The van der Waals surface area contributed by atoms with E-state index in [-0.39, 0.29) is 38.1 Å². The zero-order valence-electron chi connectivity index (χ0n) is 38.7. The molecule has 0 saturated heterocycles. The van der Waals surface area contributed by atoms with E-state index in [0.717, 1.165) is 35.4 Å². The number of hydrogen-bond donors (Lipinski definition) is 7. The molecule has 1 amide bonds. The summed E-state index contributed by atoms with van der Waals surface area (Å²) in [6.45, 7) is 24.1. The maximum absolute atomic E-state index is 12.6. The summed E-state index contributed by atoms with van der Waals surface area (Å²) in [7, 11) is 0. The Morgan fingerprint density at radius 2 is 1.32 bits per heavy atom. The summed E-state index contributed by atoms with van der Waals surface area (Å²) in [4.78, 5) is 58.3. The molecule has 1 aliphatic rings. The molecule has 0 spiro atoms. The Kier molecular flexibility index (Phi) is 38.5. The van der Waals surface area contributed by atoms with Crippen molar-refractivity contribution < 1.29 is 44.4 Å². The number of benzene rings is 1. The zero-order valence-corrected chi connectivity index (χ0v) is 38.7. The third-order valence-electron chi connectivity index (χ3n) is 8.90. The number of carboxylic acids is 4. The largest absolute Gasteiger partial charge is 0.481 e. The minimum absolute atomic E-state index is 0.0653. The first-order valence-corrected chi connectivity index (χ1v) is 21.8. The van der Waals surface area contributed by atoms with Gasteiger partial charge in [-0.05, 0) is 69.8 Å². The van der Waals surface area contributed by atoms with E-state index in [0.29, 0.717) is 44.4 Å². The van der Waals surface area contributed by atoms with E-state index in [1.54, 1.807) is 20.8 Å². The smallest absolute Gasteiger partial charge is 0.320 e. The van der Waals surface area contributed by atoms with E-state index in [2.05, 4.69) is 47.1 Å². The lowest BCUT2D eigenvalue weighted by Gasteiger charge is -2.31. The maximum Gasteiger partial charge on any atom is 0.320 e. The standard InChI is InChI=1S/C26H41N7O5.C10H22.2C3H6O2.C2H6/c1-5-9-32(17-24(35)36)11-12-33(10-6-2)22(26(37)38)7-8-23(34)27-16-20-13-18(3)14-21(15-20)25-30-28-19(4)29-31-25;1-4-6-7-8-9-10(3)5-2;2*1-2-3(4)5;1-2/h13-15,22H,5-12,16-17H2,1-4H3,(H,27,34)(H,28,29)(H,30,31)(H,35,36)(H,37,38);10H,4-9H2,1-3H3;2*2H2,1H3,(H,4,5);1-2H3. The van der Waals surface area contributed by atoms with Crippen molar-refractivity contribution in [2.45, 2.75) is 166 Å². The Morgan fingerprint density at radius 3 is 1.78 bits per heavy atom. The summed E-state index contributed by atoms with van der Waals surface area (Å²) < 4.78 is 0. The van der Waals surface area contributed by atoms with Crippen LogP contribution >= 0.6 is 0 Å². The van der Waals surface area contributed by atoms with Crippen LogP contribution in [0.4, 0.5) is 0 Å². The van der Waals surface area contributed by atoms with Crippen molar-refractivity contribution >= 4 is 41.5 Å². The second kappa shape index (κ2) is 38.6. The highest BCUT2D eigenvalue weighted by Crippen LogP contribution is 2.14. The molecule has 346 valence electrons. The summed E-state index contributed by atoms with van der Waals surface area (Å²) in [6, 6.07) is 5.02. The highest BCUT2D eigenvalue weighted by atomic mass is 16.4. The molecular weight excluding hydrogens is 771 g/mol. The number of hydrazone groups is 2. The van der Waals surface area contributed by atoms with Gasteiger partial charge in [-0.3, -0.25) is 44.6 Å². The molecule has 1 aliphatic heterocycles. The molecule has 2 rings (SSSR count). The number of nitrogens with zero attached hydrogens (tertiary/aromatic N) is 4. The molecule has 0 fully saturated rings. The summed E-state index contributed by atoms with van der Waals surface area (Å²) in [5.41, 5.74) is 8.45. The number of aliphatic carboxylic acids is 4. The van der Waals surface area contributed by atoms with E-state index >= 15 is 0 Å². The molecule has 16 nitrogen and oxygen atoms in total. The van der Waals surface area contributed by atoms with Crippen LogP contribution in [0.5, 0.6) is 0 Å². The summed E-state index contributed by atoms with van der Waals surface area (Å²) in [5, 5.41) is 45.8. The summed E-state index contributed by atoms with van der Waals surface area (Å²) in [6.07, 6.45) is 10.7. The monoisotopic (exact) mass is 852 g/mol. The third kappa shape index (κ3) is 33.3. The Hall–Kier alpha value is -4.57. The summed E-state index contributed by atoms with van der Waals surface area (Å²) >= 11 is 0. The molecular formula is C44H81N7O9. The molecule has 1 aromatic rings. The van der Waals surface area contributed by atoms with Crippen LogP contribution in [-0.2, 0) is 30.5 Å². The van der Waals surface area contributed by atoms with E-state index in [9.17, 15) is 29.1 Å². The van der Waals surface area contributed by atoms with Crippen LogP contribution in [0, 0.1) is 12.8 Å². The minimum Gasteiger partial charge on any atom is -0.481 e. The molecule has 0 aliphatic carbocycles. The van der Waals surface area contributed by atoms with Gasteiger partial charge in [0.15, 0.2) is 5.84 Å². The van der Waals surface area contributed by atoms with Gasteiger partial charge in [0.2, 0.25) is 5.91 Å². The zero-order chi connectivity index (χ0) is 46.5. The molecule has 1 aromatic carbocycles. The lowest BCUT2D eigenvalue weighted by Crippen LogP contribution is -2.46. The van der Waals surface area contributed by atoms with Crippen molar-refractivity contribution in [1.82, 2.24) is 26.0 Å². The fourth-order valence-corrected chi connectivity index (χ4v) is 5.45. The molecule has 2 atom stereocenters. The Labute approximate surface area is 360 Å². The molecule has 0 bridgehead atoms. The highest BCUT2D eigenvalue weighted by Gasteiger charge is 2.26. The Balaban J connectivity index is -0.00000121. The Morgan fingerprint density at radius 1 is 0.717 bits per heavy atom. The van der Waals surface area contributed by atoms with Gasteiger partial charge in [0.1, 0.15) is 11.9 Å². The van der Waals surface area contributed by atoms with Crippen molar-refractivity contribution in [3.63, 3.8) is 0 Å². The number of carbonyl (C=O) groups excluding carboxylic acids is 1. The van der Waals surface area contributed by atoms with Crippen molar-refractivity contribution in [1.29, 1.82) is 0 Å². The molecule has 0 radical (unpaired) electrons. The molecule has 7 N–H and O–H groups in total. The van der Waals surface area contributed by atoms with E-state index < -0.39 is 29.9 Å². The first-order valence-electron chi connectivity index (χ1n) is 21.8. The van der Waals surface area contributed by atoms with Gasteiger partial charge in [-0.1, -0.05) is 112 Å². The van der Waals surface area contributed by atoms with Crippen LogP contribution in [0.3, 0.4) is 0 Å². The van der Waals surface area contributed by atoms with Crippen LogP contribution in [0.1, 0.15) is 163 Å². The van der Waals surface area contributed by atoms with E-state index in [4.69, 9.17) is 15.3 Å². The van der Waals surface area contributed by atoms with Gasteiger partial charge in [-0.15, -0.1) is 0 Å². The van der Waals surface area contributed by atoms with Crippen LogP contribution in [0.15, 0.2) is 28.4 Å². The fraction of sp³-hybridized carbons (Fsp3) is 0.705. The quantitative estimate of drug-likeness (QED) is 0.0472. The topological polar surface area (TPSA) is 234 Å². The Bertz CT molecular complexity index is 1390. The van der Waals surface area contributed by atoms with Gasteiger partial charge in [0.05, 0.1) is 6.54 Å². The van der Waals surface area contributed by atoms with Crippen LogP contribution < -0.4 is 16.2 Å². The first kappa shape index (κ1) is 59.7. The predicted molar refractivity (Wildman–Crippen MR) is 241 cm³/mol. The molecule has 0 aromatic heterocycles. The van der Waals surface area contributed by atoms with Crippen molar-refractivity contribution in [3.05, 3.63) is 34.9 Å². The van der Waals surface area contributed by atoms with Crippen molar-refractivity contribution in [2.75, 3.05) is 32.7 Å². The van der Waals surface area contributed by atoms with Gasteiger partial charge in [0, 0.05) is 44.5 Å². The number of carboxylic acid groups (broad SMARTS) is 4. The van der Waals surface area contributed by atoms with Crippen LogP contribution in [0.25, 0.3) is 0 Å². The van der Waals surface area contributed by atoms with Gasteiger partial charge < -0.3 is 25.7 Å². The molecule has 1 heterocycles. The lowest BCUT2D eigenvalue weighted by molar-refractivity contribution is -0.144. The highest BCUT2D eigenvalue weighted by molar-refractivity contribution is 6.01. The van der Waals surface area contributed by atoms with Gasteiger partial charge in [-0.25, -0.2) is 0 Å². The second-order valence-electron chi connectivity index (χ2n) is 14.3. The van der Waals surface area contributed by atoms with Crippen molar-refractivity contribution in [3.8, 4) is 0 Å². The maximum atomic E-state index is 12.6. The first-order chi connectivity index (χ1) is 28.5. The average Bonchev–Trinajstić information content (AvgIpc) is 3.21. The number of aryl methyl sites for hydroxylation is 1. The fourth-order valence-electron chi connectivity index (χ4n) is 5.45. The number of unbranched alkanes of at least 4 members (excludes halogenated alkanes) is 3. The predicted octanol–water partition coefficient (Wildman–Crippen LogP) is 7.53. The van der Waals surface area contributed by atoms with Crippen molar-refractivity contribution in [2.24, 2.45) is 16.1 Å². The number of amides is 1. The molecule has 0 saturated carbocycles. The van der Waals surface area contributed by atoms with Crippen LogP contribution in [-0.4, -0.2) is 110 Å². The summed E-state index contributed by atoms with van der Waals surface area (Å²) in [5.74, 6) is -1.42. The van der Waals surface area contributed by atoms with Gasteiger partial charge in [-0.2, -0.15) is 10.2 Å². The van der Waals surface area contributed by atoms with E-state index in [1.165, 1.54) is 38.5 Å². The van der Waals surface area contributed by atoms with E-state index in [1.807, 2.05) is 62.6 Å². The number of rotatable bonds is 25. The normalized spacial score (nSPS) is 12.3. The minimum atomic E-state index is -0.984. The number of nitrogens with one attached hydrogen (secondary N) is 3. The number of amidine groups is 2. The van der Waals surface area contributed by atoms with Crippen LogP contribution in [0.2, 0.25) is 0 Å².